The smallest absolute Gasteiger partial charge is 0.308 e. The van der Waals surface area contributed by atoms with Gasteiger partial charge in [-0.1, -0.05) is 50.2 Å². The monoisotopic (exact) mass is 632 g/mol. The molecule has 5 aromatic rings. The maximum Gasteiger partial charge on any atom is 0.308 e. The predicted molar refractivity (Wildman–Crippen MR) is 181 cm³/mol. The Morgan fingerprint density at radius 2 is 1.66 bits per heavy atom. The van der Waals surface area contributed by atoms with Gasteiger partial charge in [-0.25, -0.2) is 9.37 Å². The van der Waals surface area contributed by atoms with Gasteiger partial charge in [-0.2, -0.15) is 0 Å². The van der Waals surface area contributed by atoms with Crippen molar-refractivity contribution in [3.63, 3.8) is 0 Å². The van der Waals surface area contributed by atoms with Gasteiger partial charge in [0.25, 0.3) is 5.91 Å². The summed E-state index contributed by atoms with van der Waals surface area (Å²) >= 11 is 0. The maximum atomic E-state index is 14.4. The molecule has 1 amide bonds. The van der Waals surface area contributed by atoms with Crippen molar-refractivity contribution in [2.24, 2.45) is 0 Å². The van der Waals surface area contributed by atoms with Crippen LogP contribution < -0.4 is 10.6 Å². The van der Waals surface area contributed by atoms with Crippen molar-refractivity contribution in [2.75, 3.05) is 10.6 Å². The number of benzene rings is 3. The van der Waals surface area contributed by atoms with E-state index in [0.717, 1.165) is 28.2 Å². The Labute approximate surface area is 273 Å². The van der Waals surface area contributed by atoms with E-state index in [0.29, 0.717) is 42.0 Å². The summed E-state index contributed by atoms with van der Waals surface area (Å²) < 4.78 is 22.0. The molecule has 2 aromatic heterocycles. The summed E-state index contributed by atoms with van der Waals surface area (Å²) in [6, 6.07) is 29.0. The molecule has 3 heterocycles. The molecule has 6 rings (SSSR count). The standard InChI is InChI=1S/C38H37FN4O4/c1-24(2)36-35(38(46)42-29-11-7-4-8-12-29)34(26-17-19-40-32(21-26)41-28-9-5-3-6-10-28)37(25-13-15-27(39)16-14-25)43(36)20-18-31-22-30(44)23-33(45)47-31/h3-17,19,21,24,30-31,44H,18,20,22-23H2,1-2H3,(H,40,41)(H,42,46)/t30-,31-/m0/s1. The van der Waals surface area contributed by atoms with Crippen LogP contribution in [0.15, 0.2) is 103 Å². The fraction of sp³-hybridized carbons (Fsp3) is 0.237. The number of carbonyl (C=O) groups is 2. The molecule has 0 bridgehead atoms. The summed E-state index contributed by atoms with van der Waals surface area (Å²) in [5, 5.41) is 16.7. The second-order valence-electron chi connectivity index (χ2n) is 12.0. The van der Waals surface area contributed by atoms with Gasteiger partial charge in [-0.15, -0.1) is 0 Å². The number of nitrogens with zero attached hydrogens (tertiary/aromatic N) is 2. The lowest BCUT2D eigenvalue weighted by molar-refractivity contribution is -0.160. The number of hydrogen-bond acceptors (Lipinski definition) is 6. The van der Waals surface area contributed by atoms with Gasteiger partial charge in [-0.3, -0.25) is 9.59 Å². The number of anilines is 3. The molecule has 0 aliphatic carbocycles. The number of cyclic esters (lactones) is 1. The molecule has 9 heteroatoms. The number of para-hydroxylation sites is 2. The van der Waals surface area contributed by atoms with Gasteiger partial charge in [0.1, 0.15) is 17.7 Å². The van der Waals surface area contributed by atoms with Crippen LogP contribution in [0.1, 0.15) is 55.1 Å². The van der Waals surface area contributed by atoms with Gasteiger partial charge < -0.3 is 25.0 Å². The third-order valence-electron chi connectivity index (χ3n) is 8.23. The fourth-order valence-electron chi connectivity index (χ4n) is 6.24. The Morgan fingerprint density at radius 1 is 0.979 bits per heavy atom. The topological polar surface area (TPSA) is 105 Å². The number of amides is 1. The molecular weight excluding hydrogens is 595 g/mol. The van der Waals surface area contributed by atoms with Crippen molar-refractivity contribution in [3.8, 4) is 22.4 Å². The van der Waals surface area contributed by atoms with Crippen LogP contribution in [0.5, 0.6) is 0 Å². The molecule has 0 unspecified atom stereocenters. The first-order valence-corrected chi connectivity index (χ1v) is 15.8. The highest BCUT2D eigenvalue weighted by Gasteiger charge is 2.32. The molecule has 1 aliphatic heterocycles. The minimum atomic E-state index is -0.762. The highest BCUT2D eigenvalue weighted by molar-refractivity contribution is 6.12. The van der Waals surface area contributed by atoms with E-state index in [1.54, 1.807) is 18.3 Å². The summed E-state index contributed by atoms with van der Waals surface area (Å²) in [4.78, 5) is 31.2. The molecule has 0 saturated carbocycles. The SMILES string of the molecule is CC(C)c1c(C(=O)Nc2ccccc2)c(-c2ccnc(Nc3ccccc3)c2)c(-c2ccc(F)cc2)n1CC[C@H]1C[C@H](O)CC(=O)O1. The van der Waals surface area contributed by atoms with Crippen LogP contribution in [0.3, 0.4) is 0 Å². The number of halogens is 1. The highest BCUT2D eigenvalue weighted by Crippen LogP contribution is 2.43. The van der Waals surface area contributed by atoms with Crippen LogP contribution in [0.25, 0.3) is 22.4 Å². The third kappa shape index (κ3) is 7.26. The van der Waals surface area contributed by atoms with Crippen molar-refractivity contribution in [1.82, 2.24) is 9.55 Å². The van der Waals surface area contributed by atoms with E-state index in [-0.39, 0.29) is 24.1 Å². The predicted octanol–water partition coefficient (Wildman–Crippen LogP) is 7.93. The van der Waals surface area contributed by atoms with Gasteiger partial charge >= 0.3 is 5.97 Å². The first kappa shape index (κ1) is 31.7. The number of hydrogen-bond donors (Lipinski definition) is 3. The van der Waals surface area contributed by atoms with Gasteiger partial charge in [-0.05, 0) is 77.7 Å². The minimum absolute atomic E-state index is 0.0204. The molecule has 0 radical (unpaired) electrons. The lowest BCUT2D eigenvalue weighted by atomic mass is 9.94. The Hall–Kier alpha value is -5.28. The number of rotatable bonds is 10. The van der Waals surface area contributed by atoms with Crippen LogP contribution >= 0.6 is 0 Å². The number of aliphatic hydroxyl groups excluding tert-OH is 1. The zero-order valence-electron chi connectivity index (χ0n) is 26.3. The largest absolute Gasteiger partial charge is 0.462 e. The van der Waals surface area contributed by atoms with Crippen LogP contribution in [-0.4, -0.2) is 38.7 Å². The zero-order chi connectivity index (χ0) is 32.9. The number of nitrogens with one attached hydrogen (secondary N) is 2. The van der Waals surface area contributed by atoms with E-state index in [1.165, 1.54) is 12.1 Å². The van der Waals surface area contributed by atoms with E-state index in [2.05, 4.69) is 20.2 Å². The number of ether oxygens (including phenoxy) is 1. The Balaban J connectivity index is 1.55. The number of aromatic nitrogens is 2. The molecular formula is C38H37FN4O4. The number of esters is 1. The molecule has 2 atom stereocenters. The molecule has 3 N–H and O–H groups in total. The lowest BCUT2D eigenvalue weighted by Gasteiger charge is -2.27. The summed E-state index contributed by atoms with van der Waals surface area (Å²) in [5.74, 6) is -0.604. The van der Waals surface area contributed by atoms with Gasteiger partial charge in [0.2, 0.25) is 0 Å². The zero-order valence-corrected chi connectivity index (χ0v) is 26.3. The van der Waals surface area contributed by atoms with Gasteiger partial charge in [0.05, 0.1) is 23.8 Å². The van der Waals surface area contributed by atoms with E-state index in [1.807, 2.05) is 86.6 Å². The highest BCUT2D eigenvalue weighted by atomic mass is 19.1. The summed E-state index contributed by atoms with van der Waals surface area (Å²) in [5.41, 5.74) is 5.65. The molecule has 0 spiro atoms. The first-order valence-electron chi connectivity index (χ1n) is 15.8. The van der Waals surface area contributed by atoms with Crippen molar-refractivity contribution >= 4 is 29.1 Å². The van der Waals surface area contributed by atoms with Gasteiger partial charge in [0.15, 0.2) is 0 Å². The van der Waals surface area contributed by atoms with Crippen molar-refractivity contribution in [1.29, 1.82) is 0 Å². The first-order chi connectivity index (χ1) is 22.8. The molecule has 3 aromatic carbocycles. The lowest BCUT2D eigenvalue weighted by Crippen LogP contribution is -2.33. The second kappa shape index (κ2) is 14.0. The summed E-state index contributed by atoms with van der Waals surface area (Å²) in [6.07, 6.45) is 1.19. The maximum absolute atomic E-state index is 14.4. The van der Waals surface area contributed by atoms with Crippen molar-refractivity contribution in [3.05, 3.63) is 120 Å². The van der Waals surface area contributed by atoms with E-state index < -0.39 is 18.2 Å². The van der Waals surface area contributed by atoms with Crippen LogP contribution in [-0.2, 0) is 16.1 Å². The van der Waals surface area contributed by atoms with Crippen LogP contribution in [0.2, 0.25) is 0 Å². The number of carbonyl (C=O) groups excluding carboxylic acids is 2. The number of aliphatic hydroxyl groups is 1. The average molecular weight is 633 g/mol. The third-order valence-corrected chi connectivity index (χ3v) is 8.23. The molecule has 1 aliphatic rings. The molecule has 1 saturated heterocycles. The van der Waals surface area contributed by atoms with Crippen LogP contribution in [0, 0.1) is 5.82 Å². The van der Waals surface area contributed by atoms with Gasteiger partial charge in [0, 0.05) is 48.2 Å². The molecule has 240 valence electrons. The van der Waals surface area contributed by atoms with Crippen molar-refractivity contribution in [2.45, 2.75) is 57.8 Å². The summed E-state index contributed by atoms with van der Waals surface area (Å²) in [6.45, 7) is 4.45. The van der Waals surface area contributed by atoms with E-state index in [4.69, 9.17) is 4.74 Å². The Morgan fingerprint density at radius 3 is 2.32 bits per heavy atom. The quantitative estimate of drug-likeness (QED) is 0.135. The van der Waals surface area contributed by atoms with E-state index >= 15 is 0 Å². The molecule has 1 fully saturated rings. The molecule has 8 nitrogen and oxygen atoms in total. The Bertz CT molecular complexity index is 1860. The Kier molecular flexibility index (Phi) is 9.45. The molecule has 47 heavy (non-hydrogen) atoms. The summed E-state index contributed by atoms with van der Waals surface area (Å²) in [7, 11) is 0. The fourth-order valence-corrected chi connectivity index (χ4v) is 6.24. The van der Waals surface area contributed by atoms with Crippen molar-refractivity contribution < 1.29 is 23.8 Å². The minimum Gasteiger partial charge on any atom is -0.462 e. The van der Waals surface area contributed by atoms with E-state index in [9.17, 15) is 19.1 Å². The average Bonchev–Trinajstić information content (AvgIpc) is 3.40. The number of pyridine rings is 1. The van der Waals surface area contributed by atoms with Crippen LogP contribution in [0.4, 0.5) is 21.6 Å². The normalized spacial score (nSPS) is 16.1. The second-order valence-corrected chi connectivity index (χ2v) is 12.0.